The van der Waals surface area contributed by atoms with Gasteiger partial charge in [-0.25, -0.2) is 9.18 Å². The van der Waals surface area contributed by atoms with E-state index in [0.29, 0.717) is 44.7 Å². The molecular formula is C23H18FN5O4. The number of ether oxygens (including phenoxy) is 2. The van der Waals surface area contributed by atoms with Crippen LogP contribution in [0.25, 0.3) is 22.2 Å². The van der Waals surface area contributed by atoms with Crippen LogP contribution in [0, 0.1) is 10.7 Å². The van der Waals surface area contributed by atoms with E-state index in [2.05, 4.69) is 25.7 Å². The maximum atomic E-state index is 14.8. The number of anilines is 1. The zero-order chi connectivity index (χ0) is 23.2. The predicted octanol–water partition coefficient (Wildman–Crippen LogP) is 3.88. The Balaban J connectivity index is 1.95. The molecule has 0 bridgehead atoms. The van der Waals surface area contributed by atoms with Gasteiger partial charge in [-0.3, -0.25) is 0 Å². The minimum atomic E-state index is -1.64. The number of benzene rings is 2. The van der Waals surface area contributed by atoms with Crippen molar-refractivity contribution < 1.29 is 18.7 Å². The zero-order valence-corrected chi connectivity index (χ0v) is 17.7. The van der Waals surface area contributed by atoms with E-state index >= 15 is 0 Å². The third kappa shape index (κ3) is 2.87. The zero-order valence-electron chi connectivity index (χ0n) is 17.7. The van der Waals surface area contributed by atoms with Crippen molar-refractivity contribution in [3.8, 4) is 16.9 Å². The van der Waals surface area contributed by atoms with Gasteiger partial charge >= 0.3 is 5.97 Å². The van der Waals surface area contributed by atoms with Crippen LogP contribution in [-0.4, -0.2) is 35.4 Å². The number of hydrogen-bond acceptors (Lipinski definition) is 8. The minimum Gasteiger partial charge on any atom is -0.494 e. The predicted molar refractivity (Wildman–Crippen MR) is 118 cm³/mol. The number of fused-ring (bicyclic) bond motifs is 2. The van der Waals surface area contributed by atoms with Crippen LogP contribution in [0.4, 0.5) is 10.1 Å². The number of esters is 1. The molecule has 1 unspecified atom stereocenters. The Morgan fingerprint density at radius 3 is 2.73 bits per heavy atom. The van der Waals surface area contributed by atoms with Crippen molar-refractivity contribution in [1.29, 1.82) is 0 Å². The van der Waals surface area contributed by atoms with Crippen LogP contribution in [0.15, 0.2) is 53.8 Å². The minimum absolute atomic E-state index is 0.0395. The van der Waals surface area contributed by atoms with Crippen LogP contribution in [0.2, 0.25) is 0 Å². The van der Waals surface area contributed by atoms with Crippen LogP contribution in [0.5, 0.6) is 5.75 Å². The number of rotatable bonds is 5. The molecule has 3 heterocycles. The van der Waals surface area contributed by atoms with Gasteiger partial charge in [0.05, 0.1) is 19.9 Å². The Bertz CT molecular complexity index is 1420. The number of carbonyl (C=O) groups is 1. The highest BCUT2D eigenvalue weighted by Crippen LogP contribution is 2.48. The van der Waals surface area contributed by atoms with E-state index in [-0.39, 0.29) is 12.3 Å². The number of aromatic nitrogens is 3. The molecule has 0 spiro atoms. The van der Waals surface area contributed by atoms with Gasteiger partial charge in [-0.15, -0.1) is 5.10 Å². The first-order valence-corrected chi connectivity index (χ1v) is 10.0. The fourth-order valence-electron chi connectivity index (χ4n) is 4.45. The smallest absolute Gasteiger partial charge is 0.341 e. The van der Waals surface area contributed by atoms with Gasteiger partial charge in [-0.1, -0.05) is 29.4 Å². The summed E-state index contributed by atoms with van der Waals surface area (Å²) >= 11 is 0. The Kier molecular flexibility index (Phi) is 4.77. The van der Waals surface area contributed by atoms with Crippen LogP contribution >= 0.6 is 0 Å². The molecule has 166 valence electrons. The third-order valence-corrected chi connectivity index (χ3v) is 5.88. The normalized spacial score (nSPS) is 16.5. The molecule has 0 fully saturated rings. The van der Waals surface area contributed by atoms with E-state index in [9.17, 15) is 14.1 Å². The quantitative estimate of drug-likeness (QED) is 0.352. The number of H-pyrrole nitrogens is 1. The van der Waals surface area contributed by atoms with Crippen molar-refractivity contribution >= 4 is 22.7 Å². The summed E-state index contributed by atoms with van der Waals surface area (Å²) in [6.07, 6.45) is 1.61. The standard InChI is InChI=1S/C23H18FN5O4/c1-32-18-8-7-12(9-15(18)24)23(22(30)33-2)14-10-25-21-20(14)19(17(11-26-31)28-29-21)13-5-3-4-6-16(13)27-23/h3-10,27H,11H2,1-2H3,(H,25,29). The number of methoxy groups -OCH3 is 2. The first kappa shape index (κ1) is 20.6. The number of nitrogens with one attached hydrogen (secondary N) is 2. The lowest BCUT2D eigenvalue weighted by molar-refractivity contribution is -0.144. The fourth-order valence-corrected chi connectivity index (χ4v) is 4.45. The lowest BCUT2D eigenvalue weighted by Gasteiger charge is -2.33. The molecule has 1 aliphatic heterocycles. The second-order valence-electron chi connectivity index (χ2n) is 7.50. The first-order chi connectivity index (χ1) is 16.0. The van der Waals surface area contributed by atoms with E-state index in [1.165, 1.54) is 26.4 Å². The molecule has 2 N–H and O–H groups in total. The Morgan fingerprint density at radius 2 is 2.00 bits per heavy atom. The van der Waals surface area contributed by atoms with Gasteiger partial charge in [-0.05, 0) is 23.8 Å². The summed E-state index contributed by atoms with van der Waals surface area (Å²) in [5.74, 6) is -1.26. The van der Waals surface area contributed by atoms with E-state index in [4.69, 9.17) is 9.47 Å². The summed E-state index contributed by atoms with van der Waals surface area (Å²) in [6, 6.07) is 11.5. The summed E-state index contributed by atoms with van der Waals surface area (Å²) in [5.41, 5.74) is 1.72. The monoisotopic (exact) mass is 447 g/mol. The van der Waals surface area contributed by atoms with Crippen molar-refractivity contribution in [3.05, 3.63) is 76.2 Å². The van der Waals surface area contributed by atoms with Gasteiger partial charge in [0, 0.05) is 34.0 Å². The molecule has 2 aromatic heterocycles. The van der Waals surface area contributed by atoms with Crippen molar-refractivity contribution in [2.24, 2.45) is 5.18 Å². The summed E-state index contributed by atoms with van der Waals surface area (Å²) < 4.78 is 25.1. The molecule has 2 aromatic carbocycles. The summed E-state index contributed by atoms with van der Waals surface area (Å²) in [4.78, 5) is 27.7. The summed E-state index contributed by atoms with van der Waals surface area (Å²) in [5, 5.41) is 15.2. The highest BCUT2D eigenvalue weighted by atomic mass is 19.1. The average molecular weight is 447 g/mol. The number of nitrogens with zero attached hydrogens (tertiary/aromatic N) is 3. The largest absolute Gasteiger partial charge is 0.494 e. The van der Waals surface area contributed by atoms with Crippen molar-refractivity contribution in [1.82, 2.24) is 15.2 Å². The highest BCUT2D eigenvalue weighted by Gasteiger charge is 2.48. The van der Waals surface area contributed by atoms with Gasteiger partial charge in [0.2, 0.25) is 0 Å². The molecule has 0 aliphatic carbocycles. The molecule has 9 nitrogen and oxygen atoms in total. The SMILES string of the molecule is COC(=O)C1(c2ccc(OC)c(F)c2)Nc2ccccc2-c2c(CN=O)nnc3[nH]cc1c23. The lowest BCUT2D eigenvalue weighted by atomic mass is 9.82. The van der Waals surface area contributed by atoms with Crippen LogP contribution in [0.3, 0.4) is 0 Å². The molecular weight excluding hydrogens is 429 g/mol. The third-order valence-electron chi connectivity index (χ3n) is 5.88. The first-order valence-electron chi connectivity index (χ1n) is 10.0. The number of para-hydroxylation sites is 1. The Hall–Kier alpha value is -4.34. The highest BCUT2D eigenvalue weighted by molar-refractivity contribution is 6.07. The maximum absolute atomic E-state index is 14.8. The molecule has 33 heavy (non-hydrogen) atoms. The Labute approximate surface area is 186 Å². The van der Waals surface area contributed by atoms with Gasteiger partial charge in [0.15, 0.2) is 22.8 Å². The Morgan fingerprint density at radius 1 is 1.18 bits per heavy atom. The number of hydrogen-bond donors (Lipinski definition) is 2. The van der Waals surface area contributed by atoms with Gasteiger partial charge in [-0.2, -0.15) is 10.0 Å². The number of nitroso groups, excluding NO2 is 1. The fraction of sp³-hybridized carbons (Fsp3) is 0.174. The molecule has 10 heteroatoms. The second kappa shape index (κ2) is 7.66. The molecule has 0 radical (unpaired) electrons. The molecule has 1 aliphatic rings. The second-order valence-corrected chi connectivity index (χ2v) is 7.50. The van der Waals surface area contributed by atoms with Crippen LogP contribution in [0.1, 0.15) is 16.8 Å². The molecule has 0 saturated carbocycles. The molecule has 5 rings (SSSR count). The topological polar surface area (TPSA) is 119 Å². The van der Waals surface area contributed by atoms with Crippen molar-refractivity contribution in [3.63, 3.8) is 0 Å². The lowest BCUT2D eigenvalue weighted by Crippen LogP contribution is -2.45. The van der Waals surface area contributed by atoms with Crippen LogP contribution < -0.4 is 10.1 Å². The van der Waals surface area contributed by atoms with Crippen LogP contribution in [-0.2, 0) is 21.6 Å². The average Bonchev–Trinajstić information content (AvgIpc) is 3.21. The molecule has 4 aromatic rings. The maximum Gasteiger partial charge on any atom is 0.341 e. The molecule has 0 amide bonds. The number of halogens is 1. The van der Waals surface area contributed by atoms with Gasteiger partial charge < -0.3 is 19.8 Å². The van der Waals surface area contributed by atoms with Gasteiger partial charge in [0.1, 0.15) is 6.54 Å². The van der Waals surface area contributed by atoms with E-state index < -0.39 is 17.3 Å². The molecule has 1 atom stereocenters. The number of carbonyl (C=O) groups excluding carboxylic acids is 1. The number of aromatic amines is 1. The van der Waals surface area contributed by atoms with Crippen molar-refractivity contribution in [2.45, 2.75) is 12.1 Å². The summed E-state index contributed by atoms with van der Waals surface area (Å²) in [6.45, 7) is -0.209. The summed E-state index contributed by atoms with van der Waals surface area (Å²) in [7, 11) is 2.63. The van der Waals surface area contributed by atoms with Crippen molar-refractivity contribution in [2.75, 3.05) is 19.5 Å². The van der Waals surface area contributed by atoms with E-state index in [0.717, 1.165) is 0 Å². The van der Waals surface area contributed by atoms with E-state index in [1.54, 1.807) is 24.4 Å². The van der Waals surface area contributed by atoms with E-state index in [1.807, 2.05) is 12.1 Å². The van der Waals surface area contributed by atoms with Gasteiger partial charge in [0.25, 0.3) is 0 Å². The molecule has 0 saturated heterocycles.